The molecule has 0 aliphatic carbocycles. The van der Waals surface area contributed by atoms with Crippen LogP contribution in [0.3, 0.4) is 0 Å². The normalized spacial score (nSPS) is 10.8. The first-order valence-electron chi connectivity index (χ1n) is 9.03. The van der Waals surface area contributed by atoms with E-state index in [1.165, 1.54) is 11.8 Å². The van der Waals surface area contributed by atoms with Crippen molar-refractivity contribution in [1.82, 2.24) is 14.8 Å². The van der Waals surface area contributed by atoms with Crippen LogP contribution < -0.4 is 4.90 Å². The molecule has 146 valence electrons. The Morgan fingerprint density at radius 1 is 1.14 bits per heavy atom. The van der Waals surface area contributed by atoms with Crippen molar-refractivity contribution in [2.45, 2.75) is 18.6 Å². The van der Waals surface area contributed by atoms with Gasteiger partial charge in [-0.1, -0.05) is 53.7 Å². The van der Waals surface area contributed by atoms with Gasteiger partial charge in [-0.2, -0.15) is 0 Å². The summed E-state index contributed by atoms with van der Waals surface area (Å²) in [5, 5.41) is 9.41. The van der Waals surface area contributed by atoms with Crippen molar-refractivity contribution >= 4 is 23.4 Å². The molecule has 0 aliphatic rings. The lowest BCUT2D eigenvalue weighted by Crippen LogP contribution is -2.28. The molecule has 0 unspecified atom stereocenters. The van der Waals surface area contributed by atoms with E-state index in [-0.39, 0.29) is 11.7 Å². The summed E-state index contributed by atoms with van der Waals surface area (Å²) >= 11 is 1.39. The lowest BCUT2D eigenvalue weighted by molar-refractivity contribution is -0.115. The highest BCUT2D eigenvalue weighted by Gasteiger charge is 2.17. The molecule has 0 bridgehead atoms. The van der Waals surface area contributed by atoms with Crippen LogP contribution in [0.2, 0.25) is 0 Å². The van der Waals surface area contributed by atoms with Crippen LogP contribution in [0.25, 0.3) is 11.4 Å². The van der Waals surface area contributed by atoms with Crippen LogP contribution in [0.5, 0.6) is 0 Å². The first kappa shape index (κ1) is 20.1. The lowest BCUT2D eigenvalue weighted by atomic mass is 10.1. The third-order valence-electron chi connectivity index (χ3n) is 4.35. The highest BCUT2D eigenvalue weighted by Crippen LogP contribution is 2.25. The molecule has 1 heterocycles. The molecule has 0 saturated carbocycles. The van der Waals surface area contributed by atoms with Gasteiger partial charge in [0.15, 0.2) is 11.0 Å². The summed E-state index contributed by atoms with van der Waals surface area (Å²) < 4.78 is 7.26. The van der Waals surface area contributed by atoms with Crippen molar-refractivity contribution in [1.29, 1.82) is 0 Å². The number of hydrogen-bond donors (Lipinski definition) is 0. The van der Waals surface area contributed by atoms with Gasteiger partial charge in [-0.3, -0.25) is 9.36 Å². The number of ether oxygens (including phenoxy) is 1. The molecule has 0 saturated heterocycles. The van der Waals surface area contributed by atoms with Crippen molar-refractivity contribution in [2.75, 3.05) is 31.4 Å². The molecule has 1 aromatic heterocycles. The van der Waals surface area contributed by atoms with Crippen LogP contribution in [0.4, 0.5) is 5.69 Å². The number of benzene rings is 2. The van der Waals surface area contributed by atoms with Crippen molar-refractivity contribution in [3.05, 3.63) is 60.2 Å². The number of aromatic nitrogens is 3. The minimum atomic E-state index is 0.00889. The van der Waals surface area contributed by atoms with Gasteiger partial charge in [-0.15, -0.1) is 10.2 Å². The smallest absolute Gasteiger partial charge is 0.237 e. The fourth-order valence-electron chi connectivity index (χ4n) is 2.80. The maximum absolute atomic E-state index is 12.6. The Kier molecular flexibility index (Phi) is 6.84. The molecular formula is C21H24N4O2S. The number of methoxy groups -OCH3 is 1. The average Bonchev–Trinajstić information content (AvgIpc) is 3.13. The number of carbonyl (C=O) groups is 1. The van der Waals surface area contributed by atoms with E-state index in [1.54, 1.807) is 19.1 Å². The zero-order chi connectivity index (χ0) is 19.9. The molecule has 0 aliphatic heterocycles. The minimum absolute atomic E-state index is 0.00889. The number of thioether (sulfide) groups is 1. The zero-order valence-electron chi connectivity index (χ0n) is 16.3. The van der Waals surface area contributed by atoms with Crippen molar-refractivity contribution in [3.63, 3.8) is 0 Å². The van der Waals surface area contributed by atoms with Gasteiger partial charge in [0.2, 0.25) is 5.91 Å². The van der Waals surface area contributed by atoms with E-state index >= 15 is 0 Å². The SMILES string of the molecule is COCCn1c(SCC(=O)N(C)c2ccccc2)nnc1-c1cccc(C)c1. The number of para-hydroxylation sites is 1. The molecule has 0 radical (unpaired) electrons. The van der Waals surface area contributed by atoms with Gasteiger partial charge in [-0.05, 0) is 25.1 Å². The van der Waals surface area contributed by atoms with E-state index < -0.39 is 0 Å². The molecule has 3 aromatic rings. The zero-order valence-corrected chi connectivity index (χ0v) is 17.1. The van der Waals surface area contributed by atoms with Gasteiger partial charge >= 0.3 is 0 Å². The Bertz CT molecular complexity index is 927. The van der Waals surface area contributed by atoms with E-state index in [2.05, 4.69) is 16.3 Å². The van der Waals surface area contributed by atoms with E-state index in [1.807, 2.05) is 60.0 Å². The summed E-state index contributed by atoms with van der Waals surface area (Å²) in [6.45, 7) is 3.22. The third-order valence-corrected chi connectivity index (χ3v) is 5.31. The highest BCUT2D eigenvalue weighted by atomic mass is 32.2. The molecule has 0 N–H and O–H groups in total. The maximum Gasteiger partial charge on any atom is 0.237 e. The number of aryl methyl sites for hydroxylation is 1. The van der Waals surface area contributed by atoms with Crippen LogP contribution in [-0.2, 0) is 16.1 Å². The van der Waals surface area contributed by atoms with E-state index in [4.69, 9.17) is 4.74 Å². The predicted octanol–water partition coefficient (Wildman–Crippen LogP) is 3.66. The fraction of sp³-hybridized carbons (Fsp3) is 0.286. The third kappa shape index (κ3) is 4.79. The largest absolute Gasteiger partial charge is 0.383 e. The summed E-state index contributed by atoms with van der Waals surface area (Å²) in [6.07, 6.45) is 0. The second kappa shape index (κ2) is 9.52. The van der Waals surface area contributed by atoms with Gasteiger partial charge in [0.1, 0.15) is 0 Å². The lowest BCUT2D eigenvalue weighted by Gasteiger charge is -2.17. The number of anilines is 1. The Morgan fingerprint density at radius 2 is 1.93 bits per heavy atom. The van der Waals surface area contributed by atoms with Gasteiger partial charge in [0.05, 0.1) is 18.9 Å². The van der Waals surface area contributed by atoms with E-state index in [9.17, 15) is 4.79 Å². The highest BCUT2D eigenvalue weighted by molar-refractivity contribution is 7.99. The summed E-state index contributed by atoms with van der Waals surface area (Å²) in [5.74, 6) is 1.08. The van der Waals surface area contributed by atoms with E-state index in [0.717, 1.165) is 22.6 Å². The summed E-state index contributed by atoms with van der Waals surface area (Å²) in [4.78, 5) is 14.2. The van der Waals surface area contributed by atoms with Gasteiger partial charge in [0.25, 0.3) is 0 Å². The molecule has 3 rings (SSSR count). The number of amides is 1. The standard InChI is InChI=1S/C21H24N4O2S/c1-16-8-7-9-17(14-16)20-22-23-21(25(20)12-13-27-3)28-15-19(26)24(2)18-10-5-4-6-11-18/h4-11,14H,12-13,15H2,1-3H3. The monoisotopic (exact) mass is 396 g/mol. The first-order valence-corrected chi connectivity index (χ1v) is 10.0. The Hall–Kier alpha value is -2.64. The topological polar surface area (TPSA) is 60.2 Å². The fourth-order valence-corrected chi connectivity index (χ4v) is 3.67. The quantitative estimate of drug-likeness (QED) is 0.544. The number of rotatable bonds is 8. The molecule has 28 heavy (non-hydrogen) atoms. The average molecular weight is 397 g/mol. The van der Waals surface area contributed by atoms with Crippen molar-refractivity contribution < 1.29 is 9.53 Å². The maximum atomic E-state index is 12.6. The second-order valence-corrected chi connectivity index (χ2v) is 7.34. The van der Waals surface area contributed by atoms with Crippen molar-refractivity contribution in [3.8, 4) is 11.4 Å². The van der Waals surface area contributed by atoms with Crippen LogP contribution in [0.1, 0.15) is 5.56 Å². The molecule has 2 aromatic carbocycles. The molecule has 0 spiro atoms. The number of hydrogen-bond acceptors (Lipinski definition) is 5. The number of carbonyl (C=O) groups excluding carboxylic acids is 1. The molecular weight excluding hydrogens is 372 g/mol. The Morgan fingerprint density at radius 3 is 2.64 bits per heavy atom. The molecule has 6 nitrogen and oxygen atoms in total. The van der Waals surface area contributed by atoms with Crippen LogP contribution >= 0.6 is 11.8 Å². The minimum Gasteiger partial charge on any atom is -0.383 e. The summed E-state index contributed by atoms with van der Waals surface area (Å²) in [7, 11) is 3.45. The summed E-state index contributed by atoms with van der Waals surface area (Å²) in [5.41, 5.74) is 3.03. The van der Waals surface area contributed by atoms with E-state index in [0.29, 0.717) is 18.3 Å². The van der Waals surface area contributed by atoms with Gasteiger partial charge in [0, 0.05) is 25.4 Å². The van der Waals surface area contributed by atoms with Crippen molar-refractivity contribution in [2.24, 2.45) is 0 Å². The molecule has 0 atom stereocenters. The Labute approximate surface area is 169 Å². The van der Waals surface area contributed by atoms with Crippen LogP contribution in [-0.4, -0.2) is 47.2 Å². The summed E-state index contributed by atoms with van der Waals surface area (Å²) in [6, 6.07) is 17.8. The Balaban J connectivity index is 1.77. The molecule has 1 amide bonds. The van der Waals surface area contributed by atoms with Gasteiger partial charge in [-0.25, -0.2) is 0 Å². The van der Waals surface area contributed by atoms with Crippen LogP contribution in [0, 0.1) is 6.92 Å². The van der Waals surface area contributed by atoms with Crippen LogP contribution in [0.15, 0.2) is 59.8 Å². The molecule has 7 heteroatoms. The first-order chi connectivity index (χ1) is 13.6. The molecule has 0 fully saturated rings. The predicted molar refractivity (Wildman–Crippen MR) is 113 cm³/mol. The van der Waals surface area contributed by atoms with Gasteiger partial charge < -0.3 is 9.64 Å². The number of nitrogens with zero attached hydrogens (tertiary/aromatic N) is 4. The second-order valence-electron chi connectivity index (χ2n) is 6.40.